The van der Waals surface area contributed by atoms with Gasteiger partial charge in [0, 0.05) is 12.4 Å². The van der Waals surface area contributed by atoms with Crippen LogP contribution >= 0.6 is 11.6 Å². The zero-order valence-electron chi connectivity index (χ0n) is 9.52. The standard InChI is InChI=1S/C11H5ClF3N3O2/c12-6-2-1-3-16-8(6)7-5(9(19)20)4-17-10(18-7)11(13,14)15/h1-4H,(H,19,20). The predicted octanol–water partition coefficient (Wildman–Crippen LogP) is 2.91. The van der Waals surface area contributed by atoms with Gasteiger partial charge in [-0.3, -0.25) is 4.98 Å². The molecule has 20 heavy (non-hydrogen) atoms. The third-order valence-corrected chi connectivity index (χ3v) is 2.56. The van der Waals surface area contributed by atoms with E-state index in [1.165, 1.54) is 18.3 Å². The van der Waals surface area contributed by atoms with Crippen LogP contribution in [0.2, 0.25) is 5.02 Å². The number of carboxylic acids is 1. The molecule has 104 valence electrons. The molecule has 0 bridgehead atoms. The fourth-order valence-corrected chi connectivity index (χ4v) is 1.63. The van der Waals surface area contributed by atoms with Crippen molar-refractivity contribution in [2.45, 2.75) is 6.18 Å². The van der Waals surface area contributed by atoms with Crippen molar-refractivity contribution >= 4 is 17.6 Å². The molecule has 0 radical (unpaired) electrons. The summed E-state index contributed by atoms with van der Waals surface area (Å²) in [5, 5.41) is 8.97. The molecule has 0 atom stereocenters. The van der Waals surface area contributed by atoms with E-state index in [1.54, 1.807) is 0 Å². The average molecular weight is 304 g/mol. The summed E-state index contributed by atoms with van der Waals surface area (Å²) in [5.41, 5.74) is -1.15. The van der Waals surface area contributed by atoms with Gasteiger partial charge < -0.3 is 5.11 Å². The number of rotatable bonds is 2. The van der Waals surface area contributed by atoms with Gasteiger partial charge in [-0.15, -0.1) is 0 Å². The maximum absolute atomic E-state index is 12.6. The first-order valence-corrected chi connectivity index (χ1v) is 5.47. The lowest BCUT2D eigenvalue weighted by Gasteiger charge is -2.09. The first-order chi connectivity index (χ1) is 9.30. The molecule has 2 aromatic rings. The van der Waals surface area contributed by atoms with E-state index in [9.17, 15) is 18.0 Å². The van der Waals surface area contributed by atoms with E-state index in [1.807, 2.05) is 0 Å². The molecule has 0 aromatic carbocycles. The van der Waals surface area contributed by atoms with E-state index < -0.39 is 29.2 Å². The maximum Gasteiger partial charge on any atom is 0.451 e. The van der Waals surface area contributed by atoms with Crippen molar-refractivity contribution in [1.29, 1.82) is 0 Å². The van der Waals surface area contributed by atoms with E-state index >= 15 is 0 Å². The van der Waals surface area contributed by atoms with E-state index in [0.29, 0.717) is 6.20 Å². The van der Waals surface area contributed by atoms with Crippen molar-refractivity contribution in [2.24, 2.45) is 0 Å². The van der Waals surface area contributed by atoms with Gasteiger partial charge in [-0.25, -0.2) is 14.8 Å². The third-order valence-electron chi connectivity index (χ3n) is 2.26. The summed E-state index contributed by atoms with van der Waals surface area (Å²) in [6.07, 6.45) is -2.95. The molecule has 5 nitrogen and oxygen atoms in total. The number of hydrogen-bond donors (Lipinski definition) is 1. The zero-order valence-corrected chi connectivity index (χ0v) is 10.3. The lowest BCUT2D eigenvalue weighted by Crippen LogP contribution is -2.14. The highest BCUT2D eigenvalue weighted by Crippen LogP contribution is 2.31. The van der Waals surface area contributed by atoms with Crippen LogP contribution in [-0.4, -0.2) is 26.0 Å². The van der Waals surface area contributed by atoms with Crippen molar-refractivity contribution < 1.29 is 23.1 Å². The molecule has 0 aliphatic rings. The number of hydrogen-bond acceptors (Lipinski definition) is 4. The van der Waals surface area contributed by atoms with Gasteiger partial charge in [0.25, 0.3) is 0 Å². The Morgan fingerprint density at radius 3 is 2.50 bits per heavy atom. The Hall–Kier alpha value is -2.22. The third kappa shape index (κ3) is 2.69. The van der Waals surface area contributed by atoms with Crippen LogP contribution in [-0.2, 0) is 6.18 Å². The summed E-state index contributed by atoms with van der Waals surface area (Å²) >= 11 is 5.80. The number of nitrogens with zero attached hydrogens (tertiary/aromatic N) is 3. The van der Waals surface area contributed by atoms with Crippen molar-refractivity contribution in [3.8, 4) is 11.4 Å². The van der Waals surface area contributed by atoms with Gasteiger partial charge in [-0.2, -0.15) is 13.2 Å². The van der Waals surface area contributed by atoms with Crippen molar-refractivity contribution in [3.05, 3.63) is 40.9 Å². The van der Waals surface area contributed by atoms with Gasteiger partial charge >= 0.3 is 12.1 Å². The lowest BCUT2D eigenvalue weighted by atomic mass is 10.1. The minimum atomic E-state index is -4.80. The molecule has 0 aliphatic carbocycles. The number of alkyl halides is 3. The highest BCUT2D eigenvalue weighted by Gasteiger charge is 2.36. The molecule has 0 amide bonds. The molecular weight excluding hydrogens is 299 g/mol. The minimum Gasteiger partial charge on any atom is -0.478 e. The fraction of sp³-hybridized carbons (Fsp3) is 0.0909. The van der Waals surface area contributed by atoms with Gasteiger partial charge in [0.15, 0.2) is 0 Å². The second-order valence-electron chi connectivity index (χ2n) is 3.59. The van der Waals surface area contributed by atoms with Crippen molar-refractivity contribution in [1.82, 2.24) is 15.0 Å². The van der Waals surface area contributed by atoms with Gasteiger partial charge in [0.1, 0.15) is 17.0 Å². The van der Waals surface area contributed by atoms with E-state index in [2.05, 4.69) is 15.0 Å². The summed E-state index contributed by atoms with van der Waals surface area (Å²) in [6, 6.07) is 2.82. The first kappa shape index (κ1) is 14.2. The molecule has 0 fully saturated rings. The molecule has 0 aliphatic heterocycles. The summed E-state index contributed by atoms with van der Waals surface area (Å²) in [4.78, 5) is 21.0. The molecule has 2 heterocycles. The molecule has 9 heteroatoms. The van der Waals surface area contributed by atoms with Crippen molar-refractivity contribution in [3.63, 3.8) is 0 Å². The first-order valence-electron chi connectivity index (χ1n) is 5.09. The van der Waals surface area contributed by atoms with Crippen LogP contribution in [0, 0.1) is 0 Å². The molecule has 0 spiro atoms. The zero-order chi connectivity index (χ0) is 14.9. The highest BCUT2D eigenvalue weighted by atomic mass is 35.5. The minimum absolute atomic E-state index is 0.0122. The quantitative estimate of drug-likeness (QED) is 0.923. The second-order valence-corrected chi connectivity index (χ2v) is 4.00. The molecule has 2 aromatic heterocycles. The lowest BCUT2D eigenvalue weighted by molar-refractivity contribution is -0.144. The molecule has 1 N–H and O–H groups in total. The number of aromatic carboxylic acids is 1. The van der Waals surface area contributed by atoms with Gasteiger partial charge in [0.2, 0.25) is 5.82 Å². The van der Waals surface area contributed by atoms with Gasteiger partial charge in [-0.1, -0.05) is 11.6 Å². The van der Waals surface area contributed by atoms with Crippen LogP contribution in [0.5, 0.6) is 0 Å². The Morgan fingerprint density at radius 2 is 1.95 bits per heavy atom. The van der Waals surface area contributed by atoms with Crippen LogP contribution in [0.1, 0.15) is 16.2 Å². The highest BCUT2D eigenvalue weighted by molar-refractivity contribution is 6.33. The normalized spacial score (nSPS) is 11.4. The largest absolute Gasteiger partial charge is 0.478 e. The summed E-state index contributed by atoms with van der Waals surface area (Å²) in [7, 11) is 0. The smallest absolute Gasteiger partial charge is 0.451 e. The predicted molar refractivity (Wildman–Crippen MR) is 62.2 cm³/mol. The van der Waals surface area contributed by atoms with E-state index in [-0.39, 0.29) is 10.7 Å². The van der Waals surface area contributed by atoms with Crippen LogP contribution < -0.4 is 0 Å². The van der Waals surface area contributed by atoms with Crippen LogP contribution in [0.15, 0.2) is 24.5 Å². The summed E-state index contributed by atoms with van der Waals surface area (Å²) in [6.45, 7) is 0. The Bertz CT molecular complexity index is 676. The van der Waals surface area contributed by atoms with Crippen LogP contribution in [0.25, 0.3) is 11.4 Å². The van der Waals surface area contributed by atoms with Gasteiger partial charge in [0.05, 0.1) is 5.02 Å². The Kier molecular flexibility index (Phi) is 3.58. The Morgan fingerprint density at radius 1 is 1.25 bits per heavy atom. The molecular formula is C11H5ClF3N3O2. The second kappa shape index (κ2) is 5.04. The number of carbonyl (C=O) groups is 1. The fourth-order valence-electron chi connectivity index (χ4n) is 1.42. The Balaban J connectivity index is 2.71. The number of pyridine rings is 1. The summed E-state index contributed by atoms with van der Waals surface area (Å²) in [5.74, 6) is -2.94. The maximum atomic E-state index is 12.6. The molecule has 2 rings (SSSR count). The van der Waals surface area contributed by atoms with E-state index in [4.69, 9.17) is 16.7 Å². The monoisotopic (exact) mass is 303 g/mol. The number of aromatic nitrogens is 3. The topological polar surface area (TPSA) is 76.0 Å². The van der Waals surface area contributed by atoms with Crippen LogP contribution in [0.4, 0.5) is 13.2 Å². The molecule has 0 saturated heterocycles. The van der Waals surface area contributed by atoms with E-state index in [0.717, 1.165) is 0 Å². The number of halogens is 4. The van der Waals surface area contributed by atoms with Crippen LogP contribution in [0.3, 0.4) is 0 Å². The Labute approximate surface area is 115 Å². The number of carboxylic acid groups (broad SMARTS) is 1. The average Bonchev–Trinajstić information content (AvgIpc) is 2.37. The summed E-state index contributed by atoms with van der Waals surface area (Å²) < 4.78 is 37.8. The van der Waals surface area contributed by atoms with Crippen molar-refractivity contribution in [2.75, 3.05) is 0 Å². The molecule has 0 saturated carbocycles. The SMILES string of the molecule is O=C(O)c1cnc(C(F)(F)F)nc1-c1ncccc1Cl. The molecule has 0 unspecified atom stereocenters. The van der Waals surface area contributed by atoms with Gasteiger partial charge in [-0.05, 0) is 12.1 Å².